The van der Waals surface area contributed by atoms with Crippen LogP contribution in [-0.4, -0.2) is 9.91 Å². The highest BCUT2D eigenvalue weighted by molar-refractivity contribution is 7.11. The van der Waals surface area contributed by atoms with Crippen LogP contribution in [0.5, 0.6) is 0 Å². The summed E-state index contributed by atoms with van der Waals surface area (Å²) in [6, 6.07) is 12.6. The maximum atomic E-state index is 10.7. The van der Waals surface area contributed by atoms with E-state index < -0.39 is 4.92 Å². The van der Waals surface area contributed by atoms with E-state index in [1.165, 1.54) is 21.9 Å². The van der Waals surface area contributed by atoms with Crippen LogP contribution in [0.1, 0.15) is 9.75 Å². The van der Waals surface area contributed by atoms with Gasteiger partial charge in [0.15, 0.2) is 0 Å². The van der Waals surface area contributed by atoms with Crippen molar-refractivity contribution < 1.29 is 4.92 Å². The highest BCUT2D eigenvalue weighted by Gasteiger charge is 2.07. The fourth-order valence-electron chi connectivity index (χ4n) is 2.08. The van der Waals surface area contributed by atoms with Crippen LogP contribution < -0.4 is 5.32 Å². The second-order valence-electron chi connectivity index (χ2n) is 4.70. The van der Waals surface area contributed by atoms with Gasteiger partial charge in [0.2, 0.25) is 0 Å². The quantitative estimate of drug-likeness (QED) is 0.581. The van der Waals surface area contributed by atoms with E-state index in [1.807, 2.05) is 12.1 Å². The zero-order valence-corrected chi connectivity index (χ0v) is 12.2. The van der Waals surface area contributed by atoms with Crippen LogP contribution >= 0.6 is 11.3 Å². The number of anilines is 1. The Morgan fingerprint density at radius 3 is 2.81 bits per heavy atom. The monoisotopic (exact) mass is 299 g/mol. The van der Waals surface area contributed by atoms with Crippen molar-refractivity contribution in [1.82, 2.24) is 4.98 Å². The molecule has 1 aromatic carbocycles. The third-order valence-electron chi connectivity index (χ3n) is 3.12. The van der Waals surface area contributed by atoms with Gasteiger partial charge in [-0.15, -0.1) is 11.3 Å². The lowest BCUT2D eigenvalue weighted by Gasteiger charge is -2.05. The van der Waals surface area contributed by atoms with E-state index in [2.05, 4.69) is 29.4 Å². The Hall–Kier alpha value is -2.47. The third-order valence-corrected chi connectivity index (χ3v) is 4.12. The smallest absolute Gasteiger partial charge is 0.270 e. The number of nitrogens with zero attached hydrogens (tertiary/aromatic N) is 2. The lowest BCUT2D eigenvalue weighted by atomic mass is 10.2. The number of thiophene rings is 1. The lowest BCUT2D eigenvalue weighted by Crippen LogP contribution is -1.99. The second kappa shape index (κ2) is 5.49. The number of hydrogen-bond acceptors (Lipinski definition) is 5. The highest BCUT2D eigenvalue weighted by Crippen LogP contribution is 2.22. The predicted octanol–water partition coefficient (Wildman–Crippen LogP) is 4.13. The fraction of sp³-hybridized carbons (Fsp3) is 0.133. The molecular formula is C15H13N3O2S. The summed E-state index contributed by atoms with van der Waals surface area (Å²) in [7, 11) is 0. The molecule has 0 unspecified atom stereocenters. The molecule has 0 aliphatic carbocycles. The largest absolute Gasteiger partial charge is 0.365 e. The van der Waals surface area contributed by atoms with Gasteiger partial charge in [-0.2, -0.15) is 0 Å². The van der Waals surface area contributed by atoms with E-state index >= 15 is 0 Å². The minimum atomic E-state index is -0.398. The summed E-state index contributed by atoms with van der Waals surface area (Å²) in [6.07, 6.45) is 0. The molecule has 0 fully saturated rings. The molecule has 5 nitrogen and oxygen atoms in total. The highest BCUT2D eigenvalue weighted by atomic mass is 32.1. The van der Waals surface area contributed by atoms with Gasteiger partial charge in [-0.05, 0) is 37.3 Å². The topological polar surface area (TPSA) is 68.1 Å². The molecule has 21 heavy (non-hydrogen) atoms. The van der Waals surface area contributed by atoms with Crippen molar-refractivity contribution in [2.45, 2.75) is 13.5 Å². The van der Waals surface area contributed by atoms with Gasteiger partial charge in [-0.3, -0.25) is 10.1 Å². The van der Waals surface area contributed by atoms with Gasteiger partial charge >= 0.3 is 0 Å². The van der Waals surface area contributed by atoms with E-state index in [4.69, 9.17) is 0 Å². The molecule has 0 atom stereocenters. The summed E-state index contributed by atoms with van der Waals surface area (Å²) in [5, 5.41) is 14.8. The normalized spacial score (nSPS) is 10.7. The van der Waals surface area contributed by atoms with Crippen molar-refractivity contribution in [3.63, 3.8) is 0 Å². The molecule has 0 aliphatic rings. The summed E-state index contributed by atoms with van der Waals surface area (Å²) < 4.78 is 0. The van der Waals surface area contributed by atoms with Crippen LogP contribution in [0.25, 0.3) is 10.9 Å². The number of non-ortho nitro benzene ring substituents is 1. The Morgan fingerprint density at radius 1 is 1.24 bits per heavy atom. The molecule has 0 aliphatic heterocycles. The number of pyridine rings is 1. The van der Waals surface area contributed by atoms with E-state index in [9.17, 15) is 10.1 Å². The number of aryl methyl sites for hydroxylation is 1. The van der Waals surface area contributed by atoms with Gasteiger partial charge in [-0.25, -0.2) is 4.98 Å². The molecule has 0 saturated carbocycles. The molecule has 0 radical (unpaired) electrons. The molecule has 3 aromatic rings. The summed E-state index contributed by atoms with van der Waals surface area (Å²) >= 11 is 1.75. The Labute approximate surface area is 125 Å². The second-order valence-corrected chi connectivity index (χ2v) is 6.07. The van der Waals surface area contributed by atoms with Gasteiger partial charge in [0.25, 0.3) is 5.69 Å². The molecule has 0 amide bonds. The van der Waals surface area contributed by atoms with Crippen LogP contribution in [0.2, 0.25) is 0 Å². The first-order valence-corrected chi connectivity index (χ1v) is 7.28. The molecule has 106 valence electrons. The maximum Gasteiger partial charge on any atom is 0.270 e. The van der Waals surface area contributed by atoms with Gasteiger partial charge in [0.1, 0.15) is 5.82 Å². The van der Waals surface area contributed by atoms with E-state index in [-0.39, 0.29) is 5.69 Å². The molecule has 3 rings (SSSR count). The average molecular weight is 299 g/mol. The van der Waals surface area contributed by atoms with Crippen LogP contribution in [-0.2, 0) is 6.54 Å². The average Bonchev–Trinajstić information content (AvgIpc) is 2.90. The molecule has 2 heterocycles. The Morgan fingerprint density at radius 2 is 2.10 bits per heavy atom. The number of benzene rings is 1. The van der Waals surface area contributed by atoms with Crippen LogP contribution in [0, 0.1) is 17.0 Å². The van der Waals surface area contributed by atoms with Crippen LogP contribution in [0.4, 0.5) is 11.5 Å². The van der Waals surface area contributed by atoms with E-state index in [0.717, 1.165) is 23.3 Å². The fourth-order valence-corrected chi connectivity index (χ4v) is 2.91. The number of hydrogen-bond donors (Lipinski definition) is 1. The molecular weight excluding hydrogens is 286 g/mol. The Bertz CT molecular complexity index is 814. The summed E-state index contributed by atoms with van der Waals surface area (Å²) in [4.78, 5) is 17.3. The molecule has 0 spiro atoms. The number of fused-ring (bicyclic) bond motifs is 1. The Kier molecular flexibility index (Phi) is 3.53. The molecule has 6 heteroatoms. The number of aromatic nitrogens is 1. The number of nitro groups is 1. The maximum absolute atomic E-state index is 10.7. The Balaban J connectivity index is 1.80. The van der Waals surface area contributed by atoms with Gasteiger partial charge in [0.05, 0.1) is 17.0 Å². The van der Waals surface area contributed by atoms with E-state index in [1.54, 1.807) is 17.4 Å². The number of nitro benzene ring substituents is 1. The minimum Gasteiger partial charge on any atom is -0.365 e. The molecule has 0 saturated heterocycles. The minimum absolute atomic E-state index is 0.0825. The van der Waals surface area contributed by atoms with Gasteiger partial charge in [-0.1, -0.05) is 0 Å². The first kappa shape index (κ1) is 13.5. The van der Waals surface area contributed by atoms with Crippen LogP contribution in [0.15, 0.2) is 42.5 Å². The van der Waals surface area contributed by atoms with Crippen molar-refractivity contribution in [3.05, 3.63) is 62.3 Å². The number of nitrogens with one attached hydrogen (secondary N) is 1. The van der Waals surface area contributed by atoms with Crippen LogP contribution in [0.3, 0.4) is 0 Å². The number of rotatable bonds is 4. The van der Waals surface area contributed by atoms with Crippen molar-refractivity contribution in [2.75, 3.05) is 5.32 Å². The summed E-state index contributed by atoms with van der Waals surface area (Å²) in [5.74, 6) is 0.766. The van der Waals surface area contributed by atoms with Crippen molar-refractivity contribution in [1.29, 1.82) is 0 Å². The SMILES string of the molecule is Cc1ccc(CNc2ccc3cc([N+](=O)[O-])ccc3n2)s1. The zero-order valence-electron chi connectivity index (χ0n) is 11.4. The van der Waals surface area contributed by atoms with Crippen molar-refractivity contribution in [2.24, 2.45) is 0 Å². The predicted molar refractivity (Wildman–Crippen MR) is 84.8 cm³/mol. The van der Waals surface area contributed by atoms with E-state index in [0.29, 0.717) is 0 Å². The summed E-state index contributed by atoms with van der Waals surface area (Å²) in [5.41, 5.74) is 0.826. The molecule has 1 N–H and O–H groups in total. The molecule has 0 bridgehead atoms. The van der Waals surface area contributed by atoms with Gasteiger partial charge < -0.3 is 5.32 Å². The standard InChI is InChI=1S/C15H13N3O2S/c1-10-2-5-13(21-10)9-16-15-7-3-11-8-12(18(19)20)4-6-14(11)17-15/h2-8H,9H2,1H3,(H,16,17). The zero-order chi connectivity index (χ0) is 14.8. The van der Waals surface area contributed by atoms with Crippen molar-refractivity contribution in [3.8, 4) is 0 Å². The first-order chi connectivity index (χ1) is 10.1. The first-order valence-electron chi connectivity index (χ1n) is 6.46. The lowest BCUT2D eigenvalue weighted by molar-refractivity contribution is -0.384. The van der Waals surface area contributed by atoms with Crippen molar-refractivity contribution >= 4 is 33.7 Å². The summed E-state index contributed by atoms with van der Waals surface area (Å²) in [6.45, 7) is 2.80. The molecule has 2 aromatic heterocycles. The third kappa shape index (κ3) is 3.00. The van der Waals surface area contributed by atoms with Gasteiger partial charge in [0, 0.05) is 27.3 Å².